The minimum absolute atomic E-state index is 0.0728. The van der Waals surface area contributed by atoms with E-state index < -0.39 is 5.97 Å². The summed E-state index contributed by atoms with van der Waals surface area (Å²) in [5, 5.41) is 9.27. The second-order valence-corrected chi connectivity index (χ2v) is 10.6. The molecular formula is C30H56N3O2+. The molecule has 0 bridgehead atoms. The van der Waals surface area contributed by atoms with Crippen LogP contribution in [-0.4, -0.2) is 34.1 Å². The lowest BCUT2D eigenvalue weighted by Gasteiger charge is -2.33. The largest absolute Gasteiger partial charge is 0.477 e. The van der Waals surface area contributed by atoms with Crippen LogP contribution >= 0.6 is 0 Å². The molecule has 0 fully saturated rings. The summed E-state index contributed by atoms with van der Waals surface area (Å²) >= 11 is 0. The van der Waals surface area contributed by atoms with E-state index in [4.69, 9.17) is 5.73 Å². The average molecular weight is 491 g/mol. The van der Waals surface area contributed by atoms with Gasteiger partial charge in [-0.05, 0) is 12.8 Å². The number of nitrogens with two attached hydrogens (primary N) is 1. The summed E-state index contributed by atoms with van der Waals surface area (Å²) < 4.78 is 0.0883. The molecule has 0 saturated carbocycles. The van der Waals surface area contributed by atoms with Crippen LogP contribution in [0, 0.1) is 0 Å². The first kappa shape index (κ1) is 31.6. The minimum Gasteiger partial charge on any atom is -0.477 e. The highest BCUT2D eigenvalue weighted by Crippen LogP contribution is 2.21. The first-order valence-corrected chi connectivity index (χ1v) is 14.8. The highest BCUT2D eigenvalue weighted by atomic mass is 16.4. The molecule has 2 atom stereocenters. The standard InChI is InChI=1S/C30H55N3O2/c1-3-4-5-6-7-8-9-10-11-12-13-14-15-16-17-18-19-20-21-22-23-24-29-32-25-26-33(29,28(2)31)27-30(34)35/h23-26,28H,3-22,27,31H2,1-2H3/p+1/b24-23+. The van der Waals surface area contributed by atoms with Crippen LogP contribution in [0.25, 0.3) is 0 Å². The Labute approximate surface area is 216 Å². The zero-order valence-corrected chi connectivity index (χ0v) is 23.1. The van der Waals surface area contributed by atoms with Crippen molar-refractivity contribution < 1.29 is 14.4 Å². The molecule has 1 rings (SSSR count). The van der Waals surface area contributed by atoms with Gasteiger partial charge in [-0.2, -0.15) is 4.99 Å². The summed E-state index contributed by atoms with van der Waals surface area (Å²) in [6.07, 6.45) is 34.7. The maximum atomic E-state index is 11.3. The number of carboxylic acid groups (broad SMARTS) is 1. The molecule has 0 aliphatic carbocycles. The van der Waals surface area contributed by atoms with Gasteiger partial charge in [-0.15, -0.1) is 0 Å². The molecule has 1 aliphatic rings. The number of hydrogen-bond donors (Lipinski definition) is 2. The Morgan fingerprint density at radius 3 is 1.69 bits per heavy atom. The van der Waals surface area contributed by atoms with Crippen molar-refractivity contribution >= 4 is 11.8 Å². The molecule has 0 saturated heterocycles. The van der Waals surface area contributed by atoms with Gasteiger partial charge in [0.25, 0.3) is 0 Å². The van der Waals surface area contributed by atoms with Crippen molar-refractivity contribution in [1.82, 2.24) is 0 Å². The molecule has 0 spiro atoms. The topological polar surface area (TPSA) is 75.7 Å². The number of nitrogens with zero attached hydrogens (tertiary/aromatic N) is 2. The quantitative estimate of drug-likeness (QED) is 0.105. The minimum atomic E-state index is -0.867. The van der Waals surface area contributed by atoms with E-state index in [1.807, 2.05) is 13.0 Å². The lowest BCUT2D eigenvalue weighted by molar-refractivity contribution is -0.803. The normalized spacial score (nSPS) is 18.4. The lowest BCUT2D eigenvalue weighted by atomic mass is 10.0. The molecule has 35 heavy (non-hydrogen) atoms. The van der Waals surface area contributed by atoms with Crippen molar-refractivity contribution in [3.63, 3.8) is 0 Å². The van der Waals surface area contributed by atoms with Crippen molar-refractivity contribution in [2.75, 3.05) is 6.54 Å². The number of allylic oxidation sites excluding steroid dienone is 1. The fourth-order valence-electron chi connectivity index (χ4n) is 4.97. The molecule has 0 amide bonds. The summed E-state index contributed by atoms with van der Waals surface area (Å²) in [7, 11) is 0. The Morgan fingerprint density at radius 2 is 1.29 bits per heavy atom. The van der Waals surface area contributed by atoms with Crippen molar-refractivity contribution in [2.24, 2.45) is 10.7 Å². The van der Waals surface area contributed by atoms with E-state index in [1.54, 1.807) is 12.4 Å². The van der Waals surface area contributed by atoms with E-state index in [9.17, 15) is 9.90 Å². The zero-order chi connectivity index (χ0) is 25.6. The average Bonchev–Trinajstić information content (AvgIpc) is 3.23. The summed E-state index contributed by atoms with van der Waals surface area (Å²) in [6, 6.07) is 0. The van der Waals surface area contributed by atoms with E-state index in [-0.39, 0.29) is 17.2 Å². The Hall–Kier alpha value is -1.46. The van der Waals surface area contributed by atoms with Crippen LogP contribution in [0.3, 0.4) is 0 Å². The molecule has 5 heteroatoms. The number of unbranched alkanes of at least 4 members (excludes halogenated alkanes) is 19. The molecule has 0 aromatic carbocycles. The molecule has 0 aromatic rings. The number of carbonyl (C=O) groups is 1. The second-order valence-electron chi connectivity index (χ2n) is 10.6. The third-order valence-corrected chi connectivity index (χ3v) is 7.33. The number of hydrogen-bond acceptors (Lipinski definition) is 3. The highest BCUT2D eigenvalue weighted by Gasteiger charge is 2.40. The summed E-state index contributed by atoms with van der Waals surface area (Å²) in [5.41, 5.74) is 6.10. The van der Waals surface area contributed by atoms with Crippen LogP contribution in [0.1, 0.15) is 142 Å². The van der Waals surface area contributed by atoms with Crippen LogP contribution in [0.4, 0.5) is 0 Å². The molecular weight excluding hydrogens is 434 g/mol. The van der Waals surface area contributed by atoms with Gasteiger partial charge in [-0.25, -0.2) is 9.28 Å². The van der Waals surface area contributed by atoms with Gasteiger partial charge in [0.05, 0.1) is 6.20 Å². The van der Waals surface area contributed by atoms with Gasteiger partial charge in [-0.1, -0.05) is 129 Å². The van der Waals surface area contributed by atoms with Gasteiger partial charge in [0.1, 0.15) is 12.4 Å². The summed E-state index contributed by atoms with van der Waals surface area (Å²) in [5.74, 6) is -0.144. The van der Waals surface area contributed by atoms with E-state index in [0.29, 0.717) is 0 Å². The fraction of sp³-hybridized carbons (Fsp3) is 0.800. The van der Waals surface area contributed by atoms with Crippen LogP contribution in [0.5, 0.6) is 0 Å². The van der Waals surface area contributed by atoms with Crippen molar-refractivity contribution in [2.45, 2.75) is 148 Å². The molecule has 3 N–H and O–H groups in total. The van der Waals surface area contributed by atoms with Gasteiger partial charge in [0.2, 0.25) is 5.84 Å². The van der Waals surface area contributed by atoms with Gasteiger partial charge >= 0.3 is 5.97 Å². The summed E-state index contributed by atoms with van der Waals surface area (Å²) in [4.78, 5) is 15.7. The predicted octanol–water partition coefficient (Wildman–Crippen LogP) is 8.45. The number of aliphatic imine (C=N–C) groups is 1. The van der Waals surface area contributed by atoms with Crippen molar-refractivity contribution in [3.8, 4) is 0 Å². The molecule has 0 radical (unpaired) electrons. The van der Waals surface area contributed by atoms with Crippen LogP contribution in [0.15, 0.2) is 29.5 Å². The molecule has 0 aromatic heterocycles. The van der Waals surface area contributed by atoms with Gasteiger partial charge in [0, 0.05) is 13.0 Å². The van der Waals surface area contributed by atoms with Gasteiger partial charge in [0.15, 0.2) is 6.54 Å². The number of rotatable bonds is 24. The van der Waals surface area contributed by atoms with E-state index in [2.05, 4.69) is 18.0 Å². The molecule has 202 valence electrons. The third kappa shape index (κ3) is 14.6. The highest BCUT2D eigenvalue weighted by molar-refractivity contribution is 5.90. The SMILES string of the molecule is CCCCCCCCCCCCCCCCCCCCC/C=C/C1=NC=C[N+]1(CC(=O)O)C(C)N. The number of aliphatic carboxylic acids is 1. The Kier molecular flexibility index (Phi) is 18.7. The van der Waals surface area contributed by atoms with Crippen molar-refractivity contribution in [1.29, 1.82) is 0 Å². The zero-order valence-electron chi connectivity index (χ0n) is 23.1. The first-order chi connectivity index (χ1) is 17.0. The smallest absolute Gasteiger partial charge is 0.360 e. The monoisotopic (exact) mass is 490 g/mol. The van der Waals surface area contributed by atoms with Crippen molar-refractivity contribution in [3.05, 3.63) is 24.6 Å². The van der Waals surface area contributed by atoms with E-state index in [1.165, 1.54) is 122 Å². The Balaban J connectivity index is 1.91. The Morgan fingerprint density at radius 1 is 0.857 bits per heavy atom. The van der Waals surface area contributed by atoms with Crippen LogP contribution in [-0.2, 0) is 4.79 Å². The molecule has 1 heterocycles. The number of amidine groups is 1. The predicted molar refractivity (Wildman–Crippen MR) is 150 cm³/mol. The number of carboxylic acids is 1. The molecule has 2 unspecified atom stereocenters. The number of quaternary nitrogens is 1. The van der Waals surface area contributed by atoms with Gasteiger partial charge < -0.3 is 5.11 Å². The van der Waals surface area contributed by atoms with E-state index in [0.717, 1.165) is 12.3 Å². The first-order valence-electron chi connectivity index (χ1n) is 14.8. The molecule has 1 aliphatic heterocycles. The fourth-order valence-corrected chi connectivity index (χ4v) is 4.97. The lowest BCUT2D eigenvalue weighted by Crippen LogP contribution is -2.58. The summed E-state index contributed by atoms with van der Waals surface area (Å²) in [6.45, 7) is 4.05. The maximum absolute atomic E-state index is 11.3. The molecule has 5 nitrogen and oxygen atoms in total. The van der Waals surface area contributed by atoms with Crippen LogP contribution < -0.4 is 5.73 Å². The second kappa shape index (κ2) is 20.7. The van der Waals surface area contributed by atoms with Crippen LogP contribution in [0.2, 0.25) is 0 Å². The van der Waals surface area contributed by atoms with E-state index >= 15 is 0 Å². The maximum Gasteiger partial charge on any atom is 0.360 e. The third-order valence-electron chi connectivity index (χ3n) is 7.33. The van der Waals surface area contributed by atoms with Gasteiger partial charge in [-0.3, -0.25) is 5.73 Å². The Bertz CT molecular complexity index is 627.